The lowest BCUT2D eigenvalue weighted by Crippen LogP contribution is -2.34. The van der Waals surface area contributed by atoms with Crippen molar-refractivity contribution in [3.8, 4) is 0 Å². The van der Waals surface area contributed by atoms with E-state index in [0.29, 0.717) is 22.7 Å². The number of rotatable bonds is 2. The minimum absolute atomic E-state index is 0.116. The average molecular weight is 386 g/mol. The first-order chi connectivity index (χ1) is 12.6. The zero-order valence-electron chi connectivity index (χ0n) is 14.1. The van der Waals surface area contributed by atoms with Crippen LogP contribution >= 0.6 is 23.4 Å². The van der Waals surface area contributed by atoms with E-state index in [1.807, 2.05) is 36.4 Å². The number of benzene rings is 2. The number of nitrogens with zero attached hydrogens (tertiary/aromatic N) is 1. The molecule has 1 aliphatic heterocycles. The molecule has 3 aromatic rings. The van der Waals surface area contributed by atoms with Crippen LogP contribution in [0.25, 0.3) is 11.0 Å². The predicted octanol–water partition coefficient (Wildman–Crippen LogP) is 4.64. The van der Waals surface area contributed by atoms with Crippen LogP contribution in [0.3, 0.4) is 0 Å². The molecule has 0 bridgehead atoms. The van der Waals surface area contributed by atoms with Crippen LogP contribution in [0.2, 0.25) is 5.02 Å². The van der Waals surface area contributed by atoms with E-state index in [0.717, 1.165) is 16.7 Å². The van der Waals surface area contributed by atoms with Crippen molar-refractivity contribution >= 4 is 40.2 Å². The van der Waals surface area contributed by atoms with Crippen LogP contribution < -0.4 is 5.63 Å². The van der Waals surface area contributed by atoms with Gasteiger partial charge in [0.05, 0.1) is 0 Å². The fourth-order valence-electron chi connectivity index (χ4n) is 3.28. The summed E-state index contributed by atoms with van der Waals surface area (Å²) < 4.78 is 5.38. The van der Waals surface area contributed by atoms with Gasteiger partial charge in [-0.15, -0.1) is 11.8 Å². The van der Waals surface area contributed by atoms with E-state index >= 15 is 0 Å². The summed E-state index contributed by atoms with van der Waals surface area (Å²) in [6.45, 7) is 2.38. The number of fused-ring (bicyclic) bond motifs is 1. The van der Waals surface area contributed by atoms with Crippen molar-refractivity contribution in [2.24, 2.45) is 0 Å². The van der Waals surface area contributed by atoms with E-state index in [2.05, 4.69) is 0 Å². The summed E-state index contributed by atoms with van der Waals surface area (Å²) in [6, 6.07) is 14.7. The first-order valence-corrected chi connectivity index (χ1v) is 9.69. The summed E-state index contributed by atoms with van der Waals surface area (Å²) in [5.41, 5.74) is 1.68. The second kappa shape index (κ2) is 6.82. The van der Waals surface area contributed by atoms with E-state index in [4.69, 9.17) is 16.0 Å². The molecule has 1 unspecified atom stereocenters. The number of hydrogen-bond acceptors (Lipinski definition) is 4. The Morgan fingerprint density at radius 1 is 1.19 bits per heavy atom. The molecule has 1 atom stereocenters. The highest BCUT2D eigenvalue weighted by atomic mass is 35.5. The number of aryl methyl sites for hydroxylation is 1. The Morgan fingerprint density at radius 3 is 2.69 bits per heavy atom. The van der Waals surface area contributed by atoms with Crippen molar-refractivity contribution in [1.29, 1.82) is 0 Å². The summed E-state index contributed by atoms with van der Waals surface area (Å²) in [5, 5.41) is 1.30. The minimum Gasteiger partial charge on any atom is -0.422 e. The van der Waals surface area contributed by atoms with Gasteiger partial charge in [-0.1, -0.05) is 41.9 Å². The summed E-state index contributed by atoms with van der Waals surface area (Å²) in [6.07, 6.45) is 0. The molecule has 2 heterocycles. The Labute approximate surface area is 159 Å². The molecule has 4 nitrogen and oxygen atoms in total. The van der Waals surface area contributed by atoms with E-state index in [9.17, 15) is 9.59 Å². The maximum Gasteiger partial charge on any atom is 0.349 e. The highest BCUT2D eigenvalue weighted by Gasteiger charge is 2.34. The third-order valence-corrected chi connectivity index (χ3v) is 6.11. The molecule has 1 saturated heterocycles. The number of halogens is 1. The molecule has 0 aliphatic carbocycles. The molecule has 26 heavy (non-hydrogen) atoms. The monoisotopic (exact) mass is 385 g/mol. The highest BCUT2D eigenvalue weighted by Crippen LogP contribution is 2.39. The maximum atomic E-state index is 13.2. The van der Waals surface area contributed by atoms with Gasteiger partial charge in [-0.05, 0) is 36.2 Å². The molecule has 0 spiro atoms. The van der Waals surface area contributed by atoms with E-state index < -0.39 is 5.63 Å². The van der Waals surface area contributed by atoms with Crippen LogP contribution in [0, 0.1) is 6.92 Å². The number of carbonyl (C=O) groups is 1. The second-order valence-corrected chi connectivity index (χ2v) is 7.78. The maximum absolute atomic E-state index is 13.2. The number of amides is 1. The molecule has 1 fully saturated rings. The topological polar surface area (TPSA) is 50.5 Å². The quantitative estimate of drug-likeness (QED) is 0.603. The highest BCUT2D eigenvalue weighted by molar-refractivity contribution is 7.99. The zero-order chi connectivity index (χ0) is 18.3. The molecule has 0 saturated carbocycles. The molecule has 1 aromatic heterocycles. The van der Waals surface area contributed by atoms with Gasteiger partial charge in [-0.25, -0.2) is 4.79 Å². The summed E-state index contributed by atoms with van der Waals surface area (Å²) in [4.78, 5) is 27.4. The number of carbonyl (C=O) groups excluding carboxylic acids is 1. The first-order valence-electron chi connectivity index (χ1n) is 8.27. The fraction of sp³-hybridized carbons (Fsp3) is 0.200. The molecule has 0 N–H and O–H groups in total. The standard InChI is InChI=1S/C20H16ClNO3S/c1-12-15-4-2-3-5-16(15)25-20(24)17(12)18(23)22-10-11-26-19(22)13-6-8-14(21)9-7-13/h2-9,19H,10-11H2,1H3. The summed E-state index contributed by atoms with van der Waals surface area (Å²) in [5.74, 6) is 0.531. The van der Waals surface area contributed by atoms with Gasteiger partial charge in [0.2, 0.25) is 0 Å². The Balaban J connectivity index is 1.76. The normalized spacial score (nSPS) is 17.0. The Bertz CT molecular complexity index is 1050. The Hall–Kier alpha value is -2.24. The second-order valence-electron chi connectivity index (χ2n) is 6.16. The van der Waals surface area contributed by atoms with Crippen molar-refractivity contribution in [2.75, 3.05) is 12.3 Å². The van der Waals surface area contributed by atoms with E-state index in [1.165, 1.54) is 0 Å². The molecule has 132 valence electrons. The first kappa shape index (κ1) is 17.2. The van der Waals surface area contributed by atoms with Crippen LogP contribution in [-0.4, -0.2) is 23.1 Å². The SMILES string of the molecule is Cc1c(C(=O)N2CCSC2c2ccc(Cl)cc2)c(=O)oc2ccccc12. The van der Waals surface area contributed by atoms with E-state index in [1.54, 1.807) is 35.7 Å². The van der Waals surface area contributed by atoms with Crippen molar-refractivity contribution in [1.82, 2.24) is 4.90 Å². The van der Waals surface area contributed by atoms with Gasteiger partial charge in [0.1, 0.15) is 16.5 Å². The minimum atomic E-state index is -0.585. The largest absolute Gasteiger partial charge is 0.422 e. The summed E-state index contributed by atoms with van der Waals surface area (Å²) >= 11 is 7.65. The fourth-order valence-corrected chi connectivity index (χ4v) is 4.66. The van der Waals surface area contributed by atoms with Crippen molar-refractivity contribution in [3.63, 3.8) is 0 Å². The Kier molecular flexibility index (Phi) is 4.51. The predicted molar refractivity (Wildman–Crippen MR) is 105 cm³/mol. The van der Waals surface area contributed by atoms with Crippen molar-refractivity contribution in [3.05, 3.63) is 80.7 Å². The average Bonchev–Trinajstić information content (AvgIpc) is 3.12. The van der Waals surface area contributed by atoms with Crippen LogP contribution in [0.4, 0.5) is 0 Å². The lowest BCUT2D eigenvalue weighted by Gasteiger charge is -2.24. The van der Waals surface area contributed by atoms with Gasteiger partial charge in [-0.2, -0.15) is 0 Å². The van der Waals surface area contributed by atoms with Gasteiger partial charge in [0, 0.05) is 22.7 Å². The van der Waals surface area contributed by atoms with Gasteiger partial charge >= 0.3 is 5.63 Å². The smallest absolute Gasteiger partial charge is 0.349 e. The van der Waals surface area contributed by atoms with Crippen LogP contribution in [0.1, 0.15) is 26.9 Å². The van der Waals surface area contributed by atoms with Crippen LogP contribution in [0.15, 0.2) is 57.7 Å². The van der Waals surface area contributed by atoms with Gasteiger partial charge in [0.15, 0.2) is 0 Å². The van der Waals surface area contributed by atoms with Crippen molar-refractivity contribution in [2.45, 2.75) is 12.3 Å². The molecule has 2 aromatic carbocycles. The molecular formula is C20H16ClNO3S. The molecule has 1 amide bonds. The third kappa shape index (κ3) is 2.91. The summed E-state index contributed by atoms with van der Waals surface area (Å²) in [7, 11) is 0. The van der Waals surface area contributed by atoms with E-state index in [-0.39, 0.29) is 16.8 Å². The number of para-hydroxylation sites is 1. The Morgan fingerprint density at radius 2 is 1.92 bits per heavy atom. The molecule has 0 radical (unpaired) electrons. The third-order valence-electron chi connectivity index (χ3n) is 4.59. The van der Waals surface area contributed by atoms with Crippen LogP contribution in [-0.2, 0) is 0 Å². The van der Waals surface area contributed by atoms with Crippen molar-refractivity contribution < 1.29 is 9.21 Å². The van der Waals surface area contributed by atoms with Gasteiger partial charge < -0.3 is 9.32 Å². The molecule has 6 heteroatoms. The molecular weight excluding hydrogens is 370 g/mol. The number of thioether (sulfide) groups is 1. The van der Waals surface area contributed by atoms with Gasteiger partial charge in [0.25, 0.3) is 5.91 Å². The molecule has 1 aliphatic rings. The van der Waals surface area contributed by atoms with Crippen LogP contribution in [0.5, 0.6) is 0 Å². The zero-order valence-corrected chi connectivity index (χ0v) is 15.6. The number of hydrogen-bond donors (Lipinski definition) is 0. The van der Waals surface area contributed by atoms with Gasteiger partial charge in [-0.3, -0.25) is 4.79 Å². The lowest BCUT2D eigenvalue weighted by molar-refractivity contribution is 0.0755. The molecule has 4 rings (SSSR count). The lowest BCUT2D eigenvalue weighted by atomic mass is 10.0.